The van der Waals surface area contributed by atoms with Gasteiger partial charge in [-0.3, -0.25) is 4.79 Å². The van der Waals surface area contributed by atoms with Gasteiger partial charge < -0.3 is 23.8 Å². The molecule has 0 radical (unpaired) electrons. The molecule has 2 aromatic carbocycles. The normalized spacial score (nSPS) is 16.5. The SMILES string of the molecule is COc1ccc(CCc2nc3cccnc3n2C2CCN(C(=O)c3ccc(N4CCOCC4)cc3)CC2)cc1. The highest BCUT2D eigenvalue weighted by Gasteiger charge is 2.28. The Morgan fingerprint density at radius 3 is 2.41 bits per heavy atom. The van der Waals surface area contributed by atoms with E-state index < -0.39 is 0 Å². The quantitative estimate of drug-likeness (QED) is 0.353. The van der Waals surface area contributed by atoms with Crippen LogP contribution in [0.2, 0.25) is 0 Å². The van der Waals surface area contributed by atoms with Gasteiger partial charge in [0.05, 0.1) is 20.3 Å². The molecule has 2 aliphatic heterocycles. The number of carbonyl (C=O) groups excluding carboxylic acids is 1. The number of piperidine rings is 1. The topological polar surface area (TPSA) is 72.7 Å². The number of nitrogens with zero attached hydrogens (tertiary/aromatic N) is 5. The van der Waals surface area contributed by atoms with E-state index >= 15 is 0 Å². The number of methoxy groups -OCH3 is 1. The number of ether oxygens (including phenoxy) is 2. The highest BCUT2D eigenvalue weighted by Crippen LogP contribution is 2.30. The molecule has 0 unspecified atom stereocenters. The second-order valence-electron chi connectivity index (χ2n) is 10.3. The first kappa shape index (κ1) is 25.4. The molecular formula is C31H35N5O3. The Kier molecular flexibility index (Phi) is 7.45. The standard InChI is InChI=1S/C31H35N5O3/c1-38-27-11-4-23(5-12-27)6-13-29-33-28-3-2-16-32-30(28)36(29)26-14-17-35(18-15-26)31(37)24-7-9-25(10-8-24)34-19-21-39-22-20-34/h2-5,7-12,16,26H,6,13-15,17-22H2,1H3. The number of amides is 1. The van der Waals surface area contributed by atoms with Gasteiger partial charge in [-0.05, 0) is 73.4 Å². The van der Waals surface area contributed by atoms with E-state index in [-0.39, 0.29) is 11.9 Å². The number of morpholine rings is 1. The maximum absolute atomic E-state index is 13.3. The second kappa shape index (κ2) is 11.5. The molecule has 0 N–H and O–H groups in total. The van der Waals surface area contributed by atoms with Crippen LogP contribution >= 0.6 is 0 Å². The summed E-state index contributed by atoms with van der Waals surface area (Å²) in [5, 5.41) is 0. The Bertz CT molecular complexity index is 1400. The molecule has 2 aromatic heterocycles. The van der Waals surface area contributed by atoms with Crippen LogP contribution in [0.15, 0.2) is 66.9 Å². The smallest absolute Gasteiger partial charge is 0.253 e. The second-order valence-corrected chi connectivity index (χ2v) is 10.3. The molecule has 0 bridgehead atoms. The molecule has 2 aliphatic rings. The van der Waals surface area contributed by atoms with Gasteiger partial charge in [0.25, 0.3) is 5.91 Å². The van der Waals surface area contributed by atoms with Gasteiger partial charge in [-0.25, -0.2) is 9.97 Å². The fourth-order valence-corrected chi connectivity index (χ4v) is 5.73. The Balaban J connectivity index is 1.13. The highest BCUT2D eigenvalue weighted by molar-refractivity contribution is 5.94. The van der Waals surface area contributed by atoms with Gasteiger partial charge in [0, 0.05) is 56.1 Å². The van der Waals surface area contributed by atoms with Crippen molar-refractivity contribution in [3.8, 4) is 5.75 Å². The average molecular weight is 526 g/mol. The number of carbonyl (C=O) groups is 1. The van der Waals surface area contributed by atoms with E-state index in [4.69, 9.17) is 19.4 Å². The highest BCUT2D eigenvalue weighted by atomic mass is 16.5. The monoisotopic (exact) mass is 525 g/mol. The number of anilines is 1. The van der Waals surface area contributed by atoms with Gasteiger partial charge in [-0.15, -0.1) is 0 Å². The van der Waals surface area contributed by atoms with Crippen molar-refractivity contribution in [3.05, 3.63) is 83.8 Å². The van der Waals surface area contributed by atoms with Crippen LogP contribution in [0.3, 0.4) is 0 Å². The number of pyridine rings is 1. The summed E-state index contributed by atoms with van der Waals surface area (Å²) in [6, 6.07) is 20.5. The lowest BCUT2D eigenvalue weighted by molar-refractivity contribution is 0.0695. The molecule has 1 amide bonds. The van der Waals surface area contributed by atoms with E-state index in [1.165, 1.54) is 5.56 Å². The lowest BCUT2D eigenvalue weighted by Crippen LogP contribution is -2.39. The van der Waals surface area contributed by atoms with Crippen molar-refractivity contribution >= 4 is 22.8 Å². The van der Waals surface area contributed by atoms with Gasteiger partial charge in [-0.1, -0.05) is 12.1 Å². The predicted octanol–water partition coefficient (Wildman–Crippen LogP) is 4.54. The van der Waals surface area contributed by atoms with Crippen LogP contribution in [-0.4, -0.2) is 71.8 Å². The number of rotatable bonds is 7. The summed E-state index contributed by atoms with van der Waals surface area (Å²) >= 11 is 0. The summed E-state index contributed by atoms with van der Waals surface area (Å²) in [6.45, 7) is 4.72. The fourth-order valence-electron chi connectivity index (χ4n) is 5.73. The first-order valence-corrected chi connectivity index (χ1v) is 13.9. The molecule has 4 heterocycles. The van der Waals surface area contributed by atoms with Crippen molar-refractivity contribution in [2.75, 3.05) is 51.4 Å². The van der Waals surface area contributed by atoms with Gasteiger partial charge >= 0.3 is 0 Å². The zero-order chi connectivity index (χ0) is 26.6. The van der Waals surface area contributed by atoms with Crippen molar-refractivity contribution in [2.24, 2.45) is 0 Å². The number of aryl methyl sites for hydroxylation is 2. The molecule has 8 nitrogen and oxygen atoms in total. The Morgan fingerprint density at radius 1 is 0.949 bits per heavy atom. The number of fused-ring (bicyclic) bond motifs is 1. The molecule has 2 fully saturated rings. The molecule has 6 rings (SSSR count). The molecular weight excluding hydrogens is 490 g/mol. The van der Waals surface area contributed by atoms with Crippen LogP contribution in [-0.2, 0) is 17.6 Å². The zero-order valence-corrected chi connectivity index (χ0v) is 22.5. The third kappa shape index (κ3) is 5.47. The van der Waals surface area contributed by atoms with E-state index in [9.17, 15) is 4.79 Å². The van der Waals surface area contributed by atoms with E-state index in [1.807, 2.05) is 47.5 Å². The van der Waals surface area contributed by atoms with Crippen molar-refractivity contribution in [3.63, 3.8) is 0 Å². The maximum atomic E-state index is 13.3. The third-order valence-corrected chi connectivity index (χ3v) is 7.93. The van der Waals surface area contributed by atoms with Crippen LogP contribution in [0, 0.1) is 0 Å². The van der Waals surface area contributed by atoms with Crippen molar-refractivity contribution in [1.82, 2.24) is 19.4 Å². The van der Waals surface area contributed by atoms with Crippen molar-refractivity contribution in [2.45, 2.75) is 31.7 Å². The first-order valence-electron chi connectivity index (χ1n) is 13.9. The van der Waals surface area contributed by atoms with Gasteiger partial charge in [0.1, 0.15) is 17.1 Å². The summed E-state index contributed by atoms with van der Waals surface area (Å²) < 4.78 is 13.1. The van der Waals surface area contributed by atoms with E-state index in [0.717, 1.165) is 99.1 Å². The molecule has 0 spiro atoms. The van der Waals surface area contributed by atoms with Crippen LogP contribution in [0.5, 0.6) is 5.75 Å². The summed E-state index contributed by atoms with van der Waals surface area (Å²) in [5.41, 5.74) is 5.02. The predicted molar refractivity (Wildman–Crippen MR) is 152 cm³/mol. The van der Waals surface area contributed by atoms with Crippen LogP contribution in [0.1, 0.15) is 40.6 Å². The number of imidazole rings is 1. The molecule has 4 aromatic rings. The van der Waals surface area contributed by atoms with Crippen LogP contribution < -0.4 is 9.64 Å². The Labute approximate surface area is 229 Å². The van der Waals surface area contributed by atoms with Crippen LogP contribution in [0.25, 0.3) is 11.2 Å². The first-order chi connectivity index (χ1) is 19.2. The van der Waals surface area contributed by atoms with Crippen molar-refractivity contribution < 1.29 is 14.3 Å². The zero-order valence-electron chi connectivity index (χ0n) is 22.5. The summed E-state index contributed by atoms with van der Waals surface area (Å²) in [7, 11) is 1.69. The lowest BCUT2D eigenvalue weighted by atomic mass is 10.0. The third-order valence-electron chi connectivity index (χ3n) is 7.93. The van der Waals surface area contributed by atoms with Crippen LogP contribution in [0.4, 0.5) is 5.69 Å². The summed E-state index contributed by atoms with van der Waals surface area (Å²) in [6.07, 6.45) is 5.33. The number of hydrogen-bond donors (Lipinski definition) is 0. The van der Waals surface area contributed by atoms with E-state index in [1.54, 1.807) is 7.11 Å². The minimum Gasteiger partial charge on any atom is -0.497 e. The van der Waals surface area contributed by atoms with E-state index in [0.29, 0.717) is 0 Å². The largest absolute Gasteiger partial charge is 0.497 e. The van der Waals surface area contributed by atoms with Gasteiger partial charge in [-0.2, -0.15) is 0 Å². The molecule has 2 saturated heterocycles. The summed E-state index contributed by atoms with van der Waals surface area (Å²) in [4.78, 5) is 27.3. The molecule has 0 saturated carbocycles. The Morgan fingerprint density at radius 2 is 1.69 bits per heavy atom. The number of hydrogen-bond acceptors (Lipinski definition) is 6. The molecule has 0 atom stereocenters. The molecule has 39 heavy (non-hydrogen) atoms. The summed E-state index contributed by atoms with van der Waals surface area (Å²) in [5.74, 6) is 2.03. The minimum absolute atomic E-state index is 0.107. The number of benzene rings is 2. The minimum atomic E-state index is 0.107. The molecule has 0 aliphatic carbocycles. The average Bonchev–Trinajstić information content (AvgIpc) is 3.39. The van der Waals surface area contributed by atoms with E-state index in [2.05, 4.69) is 33.7 Å². The number of likely N-dealkylation sites (tertiary alicyclic amines) is 1. The van der Waals surface area contributed by atoms with Gasteiger partial charge in [0.15, 0.2) is 5.65 Å². The number of aromatic nitrogens is 3. The van der Waals surface area contributed by atoms with Gasteiger partial charge in [0.2, 0.25) is 0 Å². The Hall–Kier alpha value is -3.91. The fraction of sp³-hybridized carbons (Fsp3) is 0.387. The van der Waals surface area contributed by atoms with Crippen molar-refractivity contribution in [1.29, 1.82) is 0 Å². The molecule has 8 heteroatoms. The maximum Gasteiger partial charge on any atom is 0.253 e. The molecule has 202 valence electrons. The lowest BCUT2D eigenvalue weighted by Gasteiger charge is -2.33.